The molecule has 0 saturated carbocycles. The molecule has 160 valence electrons. The predicted octanol–water partition coefficient (Wildman–Crippen LogP) is 2.65. The van der Waals surface area contributed by atoms with Gasteiger partial charge in [-0.25, -0.2) is 9.59 Å². The van der Waals surface area contributed by atoms with Crippen molar-refractivity contribution in [1.82, 2.24) is 10.6 Å². The second kappa shape index (κ2) is 7.86. The van der Waals surface area contributed by atoms with Gasteiger partial charge in [-0.05, 0) is 42.7 Å². The second-order valence-corrected chi connectivity index (χ2v) is 7.56. The monoisotopic (exact) mass is 421 g/mol. The van der Waals surface area contributed by atoms with Crippen LogP contribution in [0.15, 0.2) is 53.7 Å². The normalized spacial score (nSPS) is 19.1. The molecule has 0 saturated heterocycles. The van der Waals surface area contributed by atoms with Crippen LogP contribution in [-0.4, -0.2) is 38.5 Å². The van der Waals surface area contributed by atoms with Crippen LogP contribution in [0.25, 0.3) is 0 Å². The van der Waals surface area contributed by atoms with Gasteiger partial charge in [0.05, 0.1) is 30.5 Å². The fraction of sp³-hybridized carbons (Fsp3) is 0.304. The lowest BCUT2D eigenvalue weighted by Gasteiger charge is -2.31. The predicted molar refractivity (Wildman–Crippen MR) is 113 cm³/mol. The van der Waals surface area contributed by atoms with Crippen molar-refractivity contribution in [2.75, 3.05) is 31.4 Å². The summed E-state index contributed by atoms with van der Waals surface area (Å²) in [6.45, 7) is 3.37. The first-order chi connectivity index (χ1) is 15.1. The quantitative estimate of drug-likeness (QED) is 0.722. The molecule has 1 unspecified atom stereocenters. The highest BCUT2D eigenvalue weighted by molar-refractivity contribution is 5.95. The summed E-state index contributed by atoms with van der Waals surface area (Å²) in [5.74, 6) is 0.767. The number of hydrogen-bond donors (Lipinski definition) is 2. The number of amides is 2. The van der Waals surface area contributed by atoms with E-state index in [4.69, 9.17) is 14.2 Å². The minimum absolute atomic E-state index is 0.150. The third kappa shape index (κ3) is 3.54. The van der Waals surface area contributed by atoms with Gasteiger partial charge >= 0.3 is 12.0 Å². The zero-order valence-electron chi connectivity index (χ0n) is 17.1. The molecule has 2 N–H and O–H groups in total. The molecule has 8 heteroatoms. The molecule has 3 aliphatic rings. The highest BCUT2D eigenvalue weighted by Crippen LogP contribution is 2.37. The van der Waals surface area contributed by atoms with Crippen molar-refractivity contribution in [2.24, 2.45) is 0 Å². The molecule has 0 bridgehead atoms. The first-order valence-electron chi connectivity index (χ1n) is 10.3. The lowest BCUT2D eigenvalue weighted by atomic mass is 9.94. The number of hydrogen-bond acceptors (Lipinski definition) is 6. The maximum atomic E-state index is 13.0. The molecule has 2 aromatic carbocycles. The van der Waals surface area contributed by atoms with Gasteiger partial charge < -0.3 is 29.7 Å². The van der Waals surface area contributed by atoms with Gasteiger partial charge in [-0.2, -0.15) is 0 Å². The number of fused-ring (bicyclic) bond motifs is 2. The second-order valence-electron chi connectivity index (χ2n) is 7.56. The van der Waals surface area contributed by atoms with Crippen LogP contribution in [0.3, 0.4) is 0 Å². The van der Waals surface area contributed by atoms with Crippen molar-refractivity contribution in [1.29, 1.82) is 0 Å². The maximum absolute atomic E-state index is 13.0. The summed E-state index contributed by atoms with van der Waals surface area (Å²) in [5, 5.41) is 5.71. The van der Waals surface area contributed by atoms with Crippen molar-refractivity contribution in [3.8, 4) is 11.5 Å². The first kappa shape index (κ1) is 19.3. The Morgan fingerprint density at radius 3 is 2.90 bits per heavy atom. The van der Waals surface area contributed by atoms with E-state index in [-0.39, 0.29) is 19.4 Å². The molecule has 0 aliphatic carbocycles. The lowest BCUT2D eigenvalue weighted by molar-refractivity contribution is -0.139. The minimum Gasteiger partial charge on any atom is -0.463 e. The lowest BCUT2D eigenvalue weighted by Crippen LogP contribution is -2.48. The van der Waals surface area contributed by atoms with Crippen LogP contribution in [0.4, 0.5) is 10.5 Å². The average Bonchev–Trinajstić information content (AvgIpc) is 3.40. The fourth-order valence-electron chi connectivity index (χ4n) is 4.30. The number of benzene rings is 2. The number of anilines is 1. The number of carbonyl (C=O) groups is 2. The van der Waals surface area contributed by atoms with Crippen LogP contribution in [0.5, 0.6) is 11.5 Å². The van der Waals surface area contributed by atoms with E-state index in [0.29, 0.717) is 29.3 Å². The number of rotatable bonds is 5. The molecule has 8 nitrogen and oxygen atoms in total. The average molecular weight is 421 g/mol. The van der Waals surface area contributed by atoms with Gasteiger partial charge in [0.25, 0.3) is 0 Å². The Balaban J connectivity index is 1.54. The van der Waals surface area contributed by atoms with E-state index in [1.54, 1.807) is 19.1 Å². The van der Waals surface area contributed by atoms with Crippen LogP contribution >= 0.6 is 0 Å². The smallest absolute Gasteiger partial charge is 0.338 e. The number of nitrogens with zero attached hydrogens (tertiary/aromatic N) is 1. The van der Waals surface area contributed by atoms with E-state index < -0.39 is 12.0 Å². The molecule has 31 heavy (non-hydrogen) atoms. The van der Waals surface area contributed by atoms with Crippen molar-refractivity contribution in [3.05, 3.63) is 64.9 Å². The summed E-state index contributed by atoms with van der Waals surface area (Å²) in [7, 11) is 0. The number of urea groups is 1. The summed E-state index contributed by atoms with van der Waals surface area (Å²) < 4.78 is 16.2. The van der Waals surface area contributed by atoms with Crippen LogP contribution in [0.2, 0.25) is 0 Å². The molecule has 3 aliphatic heterocycles. The summed E-state index contributed by atoms with van der Waals surface area (Å²) >= 11 is 0. The number of carbonyl (C=O) groups excluding carboxylic acids is 2. The van der Waals surface area contributed by atoms with Crippen LogP contribution in [-0.2, 0) is 16.0 Å². The molecule has 5 rings (SSSR count). The van der Waals surface area contributed by atoms with Gasteiger partial charge in [-0.3, -0.25) is 0 Å². The zero-order valence-corrected chi connectivity index (χ0v) is 17.1. The largest absolute Gasteiger partial charge is 0.463 e. The van der Waals surface area contributed by atoms with E-state index in [9.17, 15) is 9.59 Å². The minimum atomic E-state index is -0.657. The highest BCUT2D eigenvalue weighted by Gasteiger charge is 2.35. The molecule has 2 amide bonds. The summed E-state index contributed by atoms with van der Waals surface area (Å²) in [6, 6.07) is 12.6. The first-order valence-corrected chi connectivity index (χ1v) is 10.3. The SMILES string of the molecule is CCOC(=O)C1=C(CN2CCc3ccccc32)NC(=O)NC1c1ccc2c(c1)OCO2. The standard InChI is InChI=1S/C23H23N3O5/c1-2-29-22(27)20-16(12-26-10-9-14-5-3-4-6-17(14)26)24-23(28)25-21(20)15-7-8-18-19(11-15)31-13-30-18/h3-8,11,21H,2,9-10,12-13H2,1H3,(H2,24,25,28). The number of para-hydroxylation sites is 1. The maximum Gasteiger partial charge on any atom is 0.338 e. The molecule has 2 aromatic rings. The number of esters is 1. The van der Waals surface area contributed by atoms with E-state index in [1.165, 1.54) is 5.56 Å². The molecular weight excluding hydrogens is 398 g/mol. The molecule has 0 radical (unpaired) electrons. The Kier molecular flexibility index (Phi) is 4.89. The van der Waals surface area contributed by atoms with Gasteiger partial charge in [0.2, 0.25) is 6.79 Å². The van der Waals surface area contributed by atoms with E-state index in [0.717, 1.165) is 24.2 Å². The molecule has 0 spiro atoms. The Morgan fingerprint density at radius 2 is 2.03 bits per heavy atom. The molecule has 0 fully saturated rings. The van der Waals surface area contributed by atoms with Crippen molar-refractivity contribution in [3.63, 3.8) is 0 Å². The van der Waals surface area contributed by atoms with Crippen molar-refractivity contribution in [2.45, 2.75) is 19.4 Å². The van der Waals surface area contributed by atoms with Gasteiger partial charge in [0.1, 0.15) is 0 Å². The van der Waals surface area contributed by atoms with Crippen LogP contribution < -0.4 is 25.0 Å². The third-order valence-corrected chi connectivity index (χ3v) is 5.71. The molecule has 0 aromatic heterocycles. The Bertz CT molecular complexity index is 1080. The number of nitrogens with one attached hydrogen (secondary N) is 2. The highest BCUT2D eigenvalue weighted by atomic mass is 16.7. The molecule has 1 atom stereocenters. The number of ether oxygens (including phenoxy) is 3. The zero-order chi connectivity index (χ0) is 21.4. The topological polar surface area (TPSA) is 89.1 Å². The van der Waals surface area contributed by atoms with E-state index in [1.807, 2.05) is 18.2 Å². The molecule has 3 heterocycles. The van der Waals surface area contributed by atoms with Gasteiger partial charge in [-0.1, -0.05) is 24.3 Å². The Morgan fingerprint density at radius 1 is 1.19 bits per heavy atom. The van der Waals surface area contributed by atoms with Crippen molar-refractivity contribution < 1.29 is 23.8 Å². The van der Waals surface area contributed by atoms with E-state index in [2.05, 4.69) is 27.7 Å². The van der Waals surface area contributed by atoms with E-state index >= 15 is 0 Å². The van der Waals surface area contributed by atoms with Gasteiger partial charge in [0, 0.05) is 12.2 Å². The van der Waals surface area contributed by atoms with Crippen LogP contribution in [0, 0.1) is 0 Å². The fourth-order valence-corrected chi connectivity index (χ4v) is 4.30. The third-order valence-electron chi connectivity index (χ3n) is 5.71. The van der Waals surface area contributed by atoms with Crippen molar-refractivity contribution >= 4 is 17.7 Å². The van der Waals surface area contributed by atoms with Crippen LogP contribution in [0.1, 0.15) is 24.1 Å². The summed E-state index contributed by atoms with van der Waals surface area (Å²) in [5.41, 5.74) is 4.03. The summed E-state index contributed by atoms with van der Waals surface area (Å²) in [6.07, 6.45) is 0.927. The Labute approximate surface area is 179 Å². The Hall–Kier alpha value is -3.68. The van der Waals surface area contributed by atoms with Gasteiger partial charge in [0.15, 0.2) is 11.5 Å². The summed E-state index contributed by atoms with van der Waals surface area (Å²) in [4.78, 5) is 27.7. The van der Waals surface area contributed by atoms with Gasteiger partial charge in [-0.15, -0.1) is 0 Å². The molecular formula is C23H23N3O5.